The van der Waals surface area contributed by atoms with Gasteiger partial charge in [-0.15, -0.1) is 10.2 Å². The lowest BCUT2D eigenvalue weighted by molar-refractivity contribution is -0.115. The van der Waals surface area contributed by atoms with Gasteiger partial charge in [0.2, 0.25) is 5.91 Å². The number of ether oxygens (including phenoxy) is 1. The summed E-state index contributed by atoms with van der Waals surface area (Å²) in [7, 11) is 1.65. The van der Waals surface area contributed by atoms with E-state index in [1.807, 2.05) is 4.57 Å². The quantitative estimate of drug-likeness (QED) is 0.777. The zero-order valence-electron chi connectivity index (χ0n) is 14.6. The number of hydrogen-bond acceptors (Lipinski definition) is 5. The maximum absolute atomic E-state index is 11.0. The molecule has 1 amide bonds. The summed E-state index contributed by atoms with van der Waals surface area (Å²) in [6, 6.07) is 8.33. The van der Waals surface area contributed by atoms with Crippen molar-refractivity contribution in [3.05, 3.63) is 29.8 Å². The van der Waals surface area contributed by atoms with Crippen LogP contribution in [-0.2, 0) is 21.5 Å². The van der Waals surface area contributed by atoms with Gasteiger partial charge in [-0.2, -0.15) is 0 Å². The van der Waals surface area contributed by atoms with Crippen LogP contribution in [0.3, 0.4) is 0 Å². The fraction of sp³-hybridized carbons (Fsp3) is 0.471. The molecule has 1 aromatic carbocycles. The molecule has 7 heteroatoms. The SMILES string of the molecule is COCCn1c(SCC(N)=O)nnc1-c1ccc(C(C)(C)C)cc1. The molecule has 0 bridgehead atoms. The number of methoxy groups -OCH3 is 1. The molecule has 1 heterocycles. The molecule has 0 spiro atoms. The summed E-state index contributed by atoms with van der Waals surface area (Å²) in [6.45, 7) is 7.70. The van der Waals surface area contributed by atoms with Gasteiger partial charge in [-0.25, -0.2) is 0 Å². The topological polar surface area (TPSA) is 83.0 Å². The van der Waals surface area contributed by atoms with Crippen molar-refractivity contribution in [2.24, 2.45) is 5.73 Å². The lowest BCUT2D eigenvalue weighted by Gasteiger charge is -2.19. The summed E-state index contributed by atoms with van der Waals surface area (Å²) in [4.78, 5) is 11.0. The molecule has 0 aliphatic heterocycles. The zero-order valence-corrected chi connectivity index (χ0v) is 15.4. The van der Waals surface area contributed by atoms with E-state index in [2.05, 4.69) is 55.2 Å². The summed E-state index contributed by atoms with van der Waals surface area (Å²) in [6.07, 6.45) is 0. The molecule has 130 valence electrons. The maximum atomic E-state index is 11.0. The van der Waals surface area contributed by atoms with Crippen LogP contribution in [0.2, 0.25) is 0 Å². The van der Waals surface area contributed by atoms with Crippen molar-refractivity contribution < 1.29 is 9.53 Å². The Hall–Kier alpha value is -1.86. The number of aromatic nitrogens is 3. The number of hydrogen-bond donors (Lipinski definition) is 1. The molecule has 0 fully saturated rings. The largest absolute Gasteiger partial charge is 0.383 e. The molecule has 0 aliphatic rings. The summed E-state index contributed by atoms with van der Waals surface area (Å²) in [5, 5.41) is 9.16. The lowest BCUT2D eigenvalue weighted by Crippen LogP contribution is -2.14. The second-order valence-corrected chi connectivity index (χ2v) is 7.48. The fourth-order valence-electron chi connectivity index (χ4n) is 2.25. The van der Waals surface area contributed by atoms with Crippen LogP contribution in [-0.4, -0.2) is 40.1 Å². The zero-order chi connectivity index (χ0) is 17.7. The van der Waals surface area contributed by atoms with E-state index in [0.717, 1.165) is 11.4 Å². The monoisotopic (exact) mass is 348 g/mol. The second kappa shape index (κ2) is 7.81. The van der Waals surface area contributed by atoms with Crippen LogP contribution < -0.4 is 5.73 Å². The Kier molecular flexibility index (Phi) is 6.01. The van der Waals surface area contributed by atoms with Crippen LogP contribution in [0, 0.1) is 0 Å². The molecule has 6 nitrogen and oxygen atoms in total. The minimum atomic E-state index is -0.377. The van der Waals surface area contributed by atoms with Crippen molar-refractivity contribution in [2.45, 2.75) is 37.9 Å². The smallest absolute Gasteiger partial charge is 0.227 e. The number of nitrogens with two attached hydrogens (primary N) is 1. The molecular formula is C17H24N4O2S. The molecule has 2 rings (SSSR count). The van der Waals surface area contributed by atoms with Crippen molar-refractivity contribution in [3.8, 4) is 11.4 Å². The molecule has 1 aromatic heterocycles. The Bertz CT molecular complexity index is 690. The Morgan fingerprint density at radius 3 is 2.46 bits per heavy atom. The van der Waals surface area contributed by atoms with Crippen LogP contribution in [0.1, 0.15) is 26.3 Å². The molecule has 24 heavy (non-hydrogen) atoms. The number of thioether (sulfide) groups is 1. The first-order chi connectivity index (χ1) is 11.3. The average molecular weight is 348 g/mol. The van der Waals surface area contributed by atoms with Crippen molar-refractivity contribution in [3.63, 3.8) is 0 Å². The number of primary amides is 1. The van der Waals surface area contributed by atoms with E-state index in [0.29, 0.717) is 18.3 Å². The number of rotatable bonds is 7. The molecule has 0 aliphatic carbocycles. The van der Waals surface area contributed by atoms with Gasteiger partial charge in [0.1, 0.15) is 0 Å². The van der Waals surface area contributed by atoms with Gasteiger partial charge in [0.05, 0.1) is 18.9 Å². The number of amides is 1. The average Bonchev–Trinajstić information content (AvgIpc) is 2.93. The highest BCUT2D eigenvalue weighted by Gasteiger charge is 2.17. The van der Waals surface area contributed by atoms with Gasteiger partial charge in [-0.1, -0.05) is 56.8 Å². The minimum Gasteiger partial charge on any atom is -0.383 e. The van der Waals surface area contributed by atoms with E-state index in [-0.39, 0.29) is 17.1 Å². The maximum Gasteiger partial charge on any atom is 0.227 e. The highest BCUT2D eigenvalue weighted by atomic mass is 32.2. The third-order valence-corrected chi connectivity index (χ3v) is 4.58. The van der Waals surface area contributed by atoms with Crippen LogP contribution >= 0.6 is 11.8 Å². The second-order valence-electron chi connectivity index (χ2n) is 6.53. The molecule has 0 radical (unpaired) electrons. The van der Waals surface area contributed by atoms with Gasteiger partial charge < -0.3 is 10.5 Å². The molecule has 0 saturated carbocycles. The number of carbonyl (C=O) groups excluding carboxylic acids is 1. The highest BCUT2D eigenvalue weighted by Crippen LogP contribution is 2.27. The predicted octanol–water partition coefficient (Wildman–Crippen LogP) is 2.47. The third kappa shape index (κ3) is 4.58. The first-order valence-electron chi connectivity index (χ1n) is 7.77. The third-order valence-electron chi connectivity index (χ3n) is 3.59. The predicted molar refractivity (Wildman–Crippen MR) is 96.0 cm³/mol. The summed E-state index contributed by atoms with van der Waals surface area (Å²) in [5.74, 6) is 0.561. The van der Waals surface area contributed by atoms with Gasteiger partial charge in [-0.05, 0) is 11.0 Å². The fourth-order valence-corrected chi connectivity index (χ4v) is 2.95. The van der Waals surface area contributed by atoms with E-state index in [4.69, 9.17) is 10.5 Å². The van der Waals surface area contributed by atoms with Crippen molar-refractivity contribution >= 4 is 17.7 Å². The Morgan fingerprint density at radius 2 is 1.92 bits per heavy atom. The molecule has 2 N–H and O–H groups in total. The molecule has 0 atom stereocenters. The molecule has 2 aromatic rings. The van der Waals surface area contributed by atoms with E-state index in [1.165, 1.54) is 17.3 Å². The van der Waals surface area contributed by atoms with Gasteiger partial charge in [0.15, 0.2) is 11.0 Å². The summed E-state index contributed by atoms with van der Waals surface area (Å²) >= 11 is 1.29. The lowest BCUT2D eigenvalue weighted by atomic mass is 9.87. The Balaban J connectivity index is 2.32. The Morgan fingerprint density at radius 1 is 1.25 bits per heavy atom. The first-order valence-corrected chi connectivity index (χ1v) is 8.75. The van der Waals surface area contributed by atoms with Gasteiger partial charge in [-0.3, -0.25) is 9.36 Å². The number of nitrogens with zero attached hydrogens (tertiary/aromatic N) is 3. The summed E-state index contributed by atoms with van der Waals surface area (Å²) < 4.78 is 7.13. The molecule has 0 unspecified atom stereocenters. The minimum absolute atomic E-state index is 0.102. The molecular weight excluding hydrogens is 324 g/mol. The van der Waals surface area contributed by atoms with Crippen LogP contribution in [0.25, 0.3) is 11.4 Å². The number of carbonyl (C=O) groups is 1. The van der Waals surface area contributed by atoms with E-state index in [1.54, 1.807) is 7.11 Å². The van der Waals surface area contributed by atoms with Crippen LogP contribution in [0.5, 0.6) is 0 Å². The standard InChI is InChI=1S/C17H24N4O2S/c1-17(2,3)13-7-5-12(6-8-13)15-19-20-16(24-11-14(18)22)21(15)9-10-23-4/h5-8H,9-11H2,1-4H3,(H2,18,22). The van der Waals surface area contributed by atoms with Crippen molar-refractivity contribution in [2.75, 3.05) is 19.5 Å². The van der Waals surface area contributed by atoms with E-state index in [9.17, 15) is 4.79 Å². The molecule has 0 saturated heterocycles. The number of benzene rings is 1. The van der Waals surface area contributed by atoms with Gasteiger partial charge in [0, 0.05) is 12.7 Å². The van der Waals surface area contributed by atoms with Crippen molar-refractivity contribution in [1.82, 2.24) is 14.8 Å². The first kappa shape index (κ1) is 18.5. The van der Waals surface area contributed by atoms with Gasteiger partial charge in [0.25, 0.3) is 0 Å². The summed E-state index contributed by atoms with van der Waals surface area (Å²) in [5.41, 5.74) is 7.57. The Labute approximate surface area is 146 Å². The highest BCUT2D eigenvalue weighted by molar-refractivity contribution is 7.99. The van der Waals surface area contributed by atoms with E-state index >= 15 is 0 Å². The van der Waals surface area contributed by atoms with Crippen LogP contribution in [0.15, 0.2) is 29.4 Å². The van der Waals surface area contributed by atoms with Crippen LogP contribution in [0.4, 0.5) is 0 Å². The van der Waals surface area contributed by atoms with E-state index < -0.39 is 0 Å². The van der Waals surface area contributed by atoms with Gasteiger partial charge >= 0.3 is 0 Å². The van der Waals surface area contributed by atoms with Crippen molar-refractivity contribution in [1.29, 1.82) is 0 Å². The normalized spacial score (nSPS) is 11.7.